The third kappa shape index (κ3) is 7.02. The lowest BCUT2D eigenvalue weighted by Gasteiger charge is -2.08. The summed E-state index contributed by atoms with van der Waals surface area (Å²) in [5, 5.41) is 3.89. The molecular formula is C22H20BrN3O4S. The van der Waals surface area contributed by atoms with E-state index >= 15 is 0 Å². The summed E-state index contributed by atoms with van der Waals surface area (Å²) < 4.78 is 33.0. The smallest absolute Gasteiger partial charge is 0.255 e. The molecule has 0 radical (unpaired) electrons. The van der Waals surface area contributed by atoms with Crippen LogP contribution >= 0.6 is 15.9 Å². The van der Waals surface area contributed by atoms with Crippen molar-refractivity contribution in [2.75, 3.05) is 6.54 Å². The number of carbonyl (C=O) groups is 1. The minimum atomic E-state index is -3.76. The maximum atomic E-state index is 12.1. The normalized spacial score (nSPS) is 11.4. The zero-order valence-electron chi connectivity index (χ0n) is 16.4. The lowest BCUT2D eigenvalue weighted by atomic mass is 10.2. The molecule has 1 amide bonds. The van der Waals surface area contributed by atoms with Gasteiger partial charge in [0.1, 0.15) is 12.4 Å². The van der Waals surface area contributed by atoms with E-state index in [0.29, 0.717) is 17.9 Å². The minimum absolute atomic E-state index is 0.0857. The molecule has 0 aliphatic heterocycles. The van der Waals surface area contributed by atoms with Gasteiger partial charge in [-0.05, 0) is 35.9 Å². The molecular weight excluding hydrogens is 482 g/mol. The van der Waals surface area contributed by atoms with Crippen LogP contribution in [0.1, 0.15) is 11.1 Å². The molecule has 0 aliphatic carbocycles. The van der Waals surface area contributed by atoms with Crippen LogP contribution in [-0.2, 0) is 21.4 Å². The number of carbonyl (C=O) groups excluding carboxylic acids is 1. The van der Waals surface area contributed by atoms with Gasteiger partial charge in [-0.1, -0.05) is 64.5 Å². The Labute approximate surface area is 189 Å². The fraction of sp³-hybridized carbons (Fsp3) is 0.0909. The maximum Gasteiger partial charge on any atom is 0.255 e. The van der Waals surface area contributed by atoms with Crippen LogP contribution < -0.4 is 14.9 Å². The topological polar surface area (TPSA) is 96.9 Å². The van der Waals surface area contributed by atoms with Crippen LogP contribution in [0.5, 0.6) is 5.75 Å². The second-order valence-corrected chi connectivity index (χ2v) is 9.01. The van der Waals surface area contributed by atoms with Crippen molar-refractivity contribution in [3.05, 3.63) is 94.5 Å². The van der Waals surface area contributed by atoms with Gasteiger partial charge >= 0.3 is 0 Å². The van der Waals surface area contributed by atoms with Gasteiger partial charge < -0.3 is 4.74 Å². The molecule has 31 heavy (non-hydrogen) atoms. The predicted octanol–water partition coefficient (Wildman–Crippen LogP) is 3.46. The van der Waals surface area contributed by atoms with Gasteiger partial charge in [0.2, 0.25) is 10.0 Å². The number of nitrogens with one attached hydrogen (secondary N) is 2. The summed E-state index contributed by atoms with van der Waals surface area (Å²) in [4.78, 5) is 12.0. The number of amides is 1. The third-order valence-corrected chi connectivity index (χ3v) is 6.22. The molecule has 0 aromatic heterocycles. The van der Waals surface area contributed by atoms with E-state index in [2.05, 4.69) is 31.2 Å². The van der Waals surface area contributed by atoms with Gasteiger partial charge in [0.05, 0.1) is 17.7 Å². The number of benzene rings is 3. The Morgan fingerprint density at radius 1 is 1.00 bits per heavy atom. The summed E-state index contributed by atoms with van der Waals surface area (Å²) >= 11 is 3.43. The largest absolute Gasteiger partial charge is 0.489 e. The Kier molecular flexibility index (Phi) is 7.94. The summed E-state index contributed by atoms with van der Waals surface area (Å²) in [6.45, 7) is -0.00663. The summed E-state index contributed by atoms with van der Waals surface area (Å²) in [7, 11) is -3.76. The second kappa shape index (κ2) is 10.9. The molecule has 0 aliphatic rings. The molecule has 7 nitrogen and oxygen atoms in total. The number of nitrogens with zero attached hydrogens (tertiary/aromatic N) is 1. The Hall–Kier alpha value is -3.01. The summed E-state index contributed by atoms with van der Waals surface area (Å²) in [6, 6.07) is 23.0. The molecule has 3 aromatic carbocycles. The number of hydrogen-bond acceptors (Lipinski definition) is 5. The lowest BCUT2D eigenvalue weighted by molar-refractivity contribution is -0.119. The molecule has 0 unspecified atom stereocenters. The molecule has 160 valence electrons. The quantitative estimate of drug-likeness (QED) is 0.346. The summed E-state index contributed by atoms with van der Waals surface area (Å²) in [6.07, 6.45) is 1.45. The molecule has 0 spiro atoms. The van der Waals surface area contributed by atoms with Gasteiger partial charge in [0.25, 0.3) is 5.91 Å². The van der Waals surface area contributed by atoms with E-state index in [9.17, 15) is 13.2 Å². The van der Waals surface area contributed by atoms with Crippen molar-refractivity contribution in [2.45, 2.75) is 11.5 Å². The van der Waals surface area contributed by atoms with Crippen molar-refractivity contribution in [1.82, 2.24) is 10.1 Å². The van der Waals surface area contributed by atoms with Crippen molar-refractivity contribution >= 4 is 38.1 Å². The van der Waals surface area contributed by atoms with Gasteiger partial charge in [-0.25, -0.2) is 18.6 Å². The number of ether oxygens (including phenoxy) is 1. The van der Waals surface area contributed by atoms with E-state index < -0.39 is 22.5 Å². The first-order valence-corrected chi connectivity index (χ1v) is 11.5. The van der Waals surface area contributed by atoms with E-state index in [1.807, 2.05) is 42.5 Å². The molecule has 0 heterocycles. The van der Waals surface area contributed by atoms with Crippen molar-refractivity contribution in [2.24, 2.45) is 5.10 Å². The highest BCUT2D eigenvalue weighted by Crippen LogP contribution is 2.22. The van der Waals surface area contributed by atoms with Crippen LogP contribution in [-0.4, -0.2) is 27.1 Å². The lowest BCUT2D eigenvalue weighted by Crippen LogP contribution is -2.34. The van der Waals surface area contributed by atoms with Crippen LogP contribution in [0.4, 0.5) is 0 Å². The number of rotatable bonds is 9. The summed E-state index contributed by atoms with van der Waals surface area (Å²) in [5.74, 6) is 0.0545. The second-order valence-electron chi connectivity index (χ2n) is 6.39. The molecule has 0 saturated heterocycles. The number of sulfonamides is 1. The average Bonchev–Trinajstić information content (AvgIpc) is 2.79. The van der Waals surface area contributed by atoms with E-state index in [1.54, 1.807) is 24.3 Å². The van der Waals surface area contributed by atoms with Gasteiger partial charge in [0.15, 0.2) is 0 Å². The van der Waals surface area contributed by atoms with Crippen LogP contribution in [0, 0.1) is 0 Å². The Morgan fingerprint density at radius 3 is 2.39 bits per heavy atom. The molecule has 2 N–H and O–H groups in total. The van der Waals surface area contributed by atoms with Crippen molar-refractivity contribution in [1.29, 1.82) is 0 Å². The van der Waals surface area contributed by atoms with Crippen LogP contribution in [0.25, 0.3) is 0 Å². The predicted molar refractivity (Wildman–Crippen MR) is 122 cm³/mol. The van der Waals surface area contributed by atoms with Crippen molar-refractivity contribution in [3.8, 4) is 5.75 Å². The Bertz CT molecular complexity index is 1150. The Morgan fingerprint density at radius 2 is 1.68 bits per heavy atom. The van der Waals surface area contributed by atoms with Gasteiger partial charge in [-0.3, -0.25) is 4.79 Å². The van der Waals surface area contributed by atoms with Gasteiger partial charge in [-0.2, -0.15) is 5.10 Å². The number of hydrazone groups is 1. The third-order valence-electron chi connectivity index (χ3n) is 4.08. The highest BCUT2D eigenvalue weighted by Gasteiger charge is 2.14. The monoisotopic (exact) mass is 501 g/mol. The first kappa shape index (κ1) is 22.7. The van der Waals surface area contributed by atoms with E-state index in [-0.39, 0.29) is 4.90 Å². The average molecular weight is 502 g/mol. The first-order chi connectivity index (χ1) is 14.9. The van der Waals surface area contributed by atoms with E-state index in [0.717, 1.165) is 10.0 Å². The first-order valence-electron chi connectivity index (χ1n) is 9.27. The SMILES string of the molecule is O=C(CNS(=O)(=O)c1ccccc1)N/N=C\c1cc(OCc2ccccc2)ccc1Br. The Balaban J connectivity index is 1.53. The molecule has 9 heteroatoms. The fourth-order valence-corrected chi connectivity index (χ4v) is 3.86. The van der Waals surface area contributed by atoms with Crippen LogP contribution in [0.3, 0.4) is 0 Å². The minimum Gasteiger partial charge on any atom is -0.489 e. The highest BCUT2D eigenvalue weighted by molar-refractivity contribution is 9.10. The standard InChI is InChI=1S/C22H20BrN3O4S/c23-21-12-11-19(30-16-17-7-3-1-4-8-17)13-18(21)14-24-26-22(27)15-25-31(28,29)20-9-5-2-6-10-20/h1-14,25H,15-16H2,(H,26,27)/b24-14-. The highest BCUT2D eigenvalue weighted by atomic mass is 79.9. The summed E-state index contributed by atoms with van der Waals surface area (Å²) in [5.41, 5.74) is 4.04. The fourth-order valence-electron chi connectivity index (χ4n) is 2.51. The number of halogens is 1. The van der Waals surface area contributed by atoms with Gasteiger partial charge in [0, 0.05) is 10.0 Å². The van der Waals surface area contributed by atoms with Gasteiger partial charge in [-0.15, -0.1) is 0 Å². The van der Waals surface area contributed by atoms with Crippen LogP contribution in [0.2, 0.25) is 0 Å². The van der Waals surface area contributed by atoms with Crippen molar-refractivity contribution < 1.29 is 17.9 Å². The molecule has 0 atom stereocenters. The molecule has 3 aromatic rings. The zero-order chi connectivity index (χ0) is 22.1. The van der Waals surface area contributed by atoms with Crippen molar-refractivity contribution in [3.63, 3.8) is 0 Å². The van der Waals surface area contributed by atoms with E-state index in [4.69, 9.17) is 4.74 Å². The molecule has 0 bridgehead atoms. The molecule has 0 saturated carbocycles. The van der Waals surface area contributed by atoms with Crippen LogP contribution in [0.15, 0.2) is 93.3 Å². The maximum absolute atomic E-state index is 12.1. The zero-order valence-corrected chi connectivity index (χ0v) is 18.8. The molecule has 3 rings (SSSR count). The number of hydrogen-bond donors (Lipinski definition) is 2. The molecule has 0 fully saturated rings. The van der Waals surface area contributed by atoms with E-state index in [1.165, 1.54) is 18.3 Å².